The zero-order valence-corrected chi connectivity index (χ0v) is 16.8. The summed E-state index contributed by atoms with van der Waals surface area (Å²) in [6, 6.07) is 9.61. The van der Waals surface area contributed by atoms with Crippen LogP contribution in [0.2, 0.25) is 0 Å². The van der Waals surface area contributed by atoms with Crippen molar-refractivity contribution in [3.8, 4) is 5.75 Å². The lowest BCUT2D eigenvalue weighted by molar-refractivity contribution is -0.128. The maximum Gasteiger partial charge on any atom is 0.336 e. The normalized spacial score (nSPS) is 11.8. The molecule has 0 aliphatic rings. The van der Waals surface area contributed by atoms with Gasteiger partial charge < -0.3 is 4.74 Å². The Balaban J connectivity index is 2.08. The molecule has 2 rings (SSSR count). The minimum Gasteiger partial charge on any atom is -0.420 e. The molecule has 6 nitrogen and oxygen atoms in total. The Bertz CT molecular complexity index is 892. The third kappa shape index (κ3) is 5.00. The van der Waals surface area contributed by atoms with E-state index in [1.165, 1.54) is 22.5 Å². The van der Waals surface area contributed by atoms with E-state index in [0.717, 1.165) is 0 Å². The average molecular weight is 439 g/mol. The van der Waals surface area contributed by atoms with Crippen LogP contribution in [0.5, 0.6) is 5.75 Å². The van der Waals surface area contributed by atoms with Gasteiger partial charge >= 0.3 is 5.97 Å². The lowest BCUT2D eigenvalue weighted by Crippen LogP contribution is -2.30. The van der Waals surface area contributed by atoms with Gasteiger partial charge in [0.15, 0.2) is 5.75 Å². The lowest BCUT2D eigenvalue weighted by Gasteiger charge is -2.18. The van der Waals surface area contributed by atoms with E-state index in [1.807, 2.05) is 0 Å². The maximum atomic E-state index is 12.4. The second kappa shape index (κ2) is 9.07. The van der Waals surface area contributed by atoms with E-state index in [-0.39, 0.29) is 4.90 Å². The van der Waals surface area contributed by atoms with Gasteiger partial charge in [-0.05, 0) is 51.8 Å². The zero-order valence-electron chi connectivity index (χ0n) is 14.4. The minimum absolute atomic E-state index is 0.222. The number of hydrogen-bond donors (Lipinski definition) is 0. The van der Waals surface area contributed by atoms with Crippen LogP contribution in [0.3, 0.4) is 0 Å². The molecular weight excluding hydrogens is 420 g/mol. The molecule has 26 heavy (non-hydrogen) atoms. The highest BCUT2D eigenvalue weighted by Crippen LogP contribution is 2.21. The number of benzene rings is 1. The molecule has 1 aromatic carbocycles. The summed E-state index contributed by atoms with van der Waals surface area (Å²) in [5.74, 6) is -0.235. The molecule has 0 unspecified atom stereocenters. The Morgan fingerprint density at radius 2 is 1.85 bits per heavy atom. The fourth-order valence-electron chi connectivity index (χ4n) is 2.22. The van der Waals surface area contributed by atoms with Crippen LogP contribution in [0.1, 0.15) is 19.4 Å². The van der Waals surface area contributed by atoms with Crippen LogP contribution >= 0.6 is 15.9 Å². The number of esters is 1. The molecule has 0 amide bonds. The Kier molecular flexibility index (Phi) is 7.07. The van der Waals surface area contributed by atoms with E-state index >= 15 is 0 Å². The standard InChI is InChI=1S/C18H19BrN2O4S/c1-3-21(4-2)26(23,24)15-10-7-14(8-11-15)9-12-17(22)25-16-6-5-13-20-18(16)19/h5-13H,3-4H2,1-2H3. The third-order valence-electron chi connectivity index (χ3n) is 3.57. The van der Waals surface area contributed by atoms with Gasteiger partial charge in [0.1, 0.15) is 4.60 Å². The first-order chi connectivity index (χ1) is 12.4. The van der Waals surface area contributed by atoms with Gasteiger partial charge in [0.2, 0.25) is 10.0 Å². The molecule has 138 valence electrons. The molecular formula is C18H19BrN2O4S. The Labute approximate surface area is 161 Å². The van der Waals surface area contributed by atoms with Crippen LogP contribution in [-0.2, 0) is 14.8 Å². The predicted molar refractivity (Wildman–Crippen MR) is 103 cm³/mol. The van der Waals surface area contributed by atoms with Gasteiger partial charge in [0, 0.05) is 25.4 Å². The van der Waals surface area contributed by atoms with Crippen molar-refractivity contribution in [2.75, 3.05) is 13.1 Å². The van der Waals surface area contributed by atoms with Crippen LogP contribution in [-0.4, -0.2) is 36.8 Å². The van der Waals surface area contributed by atoms with E-state index in [0.29, 0.717) is 29.0 Å². The molecule has 0 saturated carbocycles. The molecule has 1 aromatic heterocycles. The molecule has 0 fully saturated rings. The molecule has 0 aliphatic carbocycles. The topological polar surface area (TPSA) is 76.6 Å². The summed E-state index contributed by atoms with van der Waals surface area (Å²) in [6.45, 7) is 4.42. The highest BCUT2D eigenvalue weighted by molar-refractivity contribution is 9.10. The van der Waals surface area contributed by atoms with Gasteiger partial charge in [-0.1, -0.05) is 26.0 Å². The van der Waals surface area contributed by atoms with Gasteiger partial charge in [0.25, 0.3) is 0 Å². The number of halogens is 1. The highest BCUT2D eigenvalue weighted by Gasteiger charge is 2.20. The number of carbonyl (C=O) groups excluding carboxylic acids is 1. The number of aromatic nitrogens is 1. The average Bonchev–Trinajstić information content (AvgIpc) is 2.63. The Morgan fingerprint density at radius 1 is 1.19 bits per heavy atom. The first kappa shape index (κ1) is 20.3. The van der Waals surface area contributed by atoms with Crippen molar-refractivity contribution in [3.63, 3.8) is 0 Å². The van der Waals surface area contributed by atoms with Gasteiger partial charge in [-0.25, -0.2) is 18.2 Å². The molecule has 1 heterocycles. The maximum absolute atomic E-state index is 12.4. The van der Waals surface area contributed by atoms with Gasteiger partial charge in [-0.2, -0.15) is 4.31 Å². The predicted octanol–water partition coefficient (Wildman–Crippen LogP) is 3.49. The summed E-state index contributed by atoms with van der Waals surface area (Å²) in [7, 11) is -3.49. The summed E-state index contributed by atoms with van der Waals surface area (Å²) in [6.07, 6.45) is 4.40. The number of ether oxygens (including phenoxy) is 1. The van der Waals surface area contributed by atoms with E-state index in [2.05, 4.69) is 20.9 Å². The van der Waals surface area contributed by atoms with Crippen molar-refractivity contribution in [1.82, 2.24) is 9.29 Å². The number of pyridine rings is 1. The Hall–Kier alpha value is -2.03. The molecule has 0 saturated heterocycles. The molecule has 0 atom stereocenters. The van der Waals surface area contributed by atoms with Gasteiger partial charge in [-0.15, -0.1) is 0 Å². The minimum atomic E-state index is -3.49. The highest BCUT2D eigenvalue weighted by atomic mass is 79.9. The van der Waals surface area contributed by atoms with Crippen LogP contribution in [0.25, 0.3) is 6.08 Å². The van der Waals surface area contributed by atoms with Crippen LogP contribution in [0, 0.1) is 0 Å². The van der Waals surface area contributed by atoms with E-state index in [9.17, 15) is 13.2 Å². The molecule has 0 radical (unpaired) electrons. The quantitative estimate of drug-likeness (QED) is 0.375. The van der Waals surface area contributed by atoms with Crippen molar-refractivity contribution < 1.29 is 17.9 Å². The lowest BCUT2D eigenvalue weighted by atomic mass is 10.2. The SMILES string of the molecule is CCN(CC)S(=O)(=O)c1ccc(C=CC(=O)Oc2cccnc2Br)cc1. The van der Waals surface area contributed by atoms with Crippen molar-refractivity contribution in [2.45, 2.75) is 18.7 Å². The van der Waals surface area contributed by atoms with Crippen molar-refractivity contribution >= 4 is 38.0 Å². The summed E-state index contributed by atoms with van der Waals surface area (Å²) >= 11 is 3.20. The number of hydrogen-bond acceptors (Lipinski definition) is 5. The van der Waals surface area contributed by atoms with Gasteiger partial charge in [0.05, 0.1) is 4.90 Å². The van der Waals surface area contributed by atoms with Gasteiger partial charge in [-0.3, -0.25) is 0 Å². The van der Waals surface area contributed by atoms with Crippen LogP contribution in [0.15, 0.2) is 58.2 Å². The molecule has 2 aromatic rings. The van der Waals surface area contributed by atoms with E-state index < -0.39 is 16.0 Å². The monoisotopic (exact) mass is 438 g/mol. The first-order valence-corrected chi connectivity index (χ1v) is 10.2. The van der Waals surface area contributed by atoms with Crippen molar-refractivity contribution in [2.24, 2.45) is 0 Å². The van der Waals surface area contributed by atoms with E-state index in [4.69, 9.17) is 4.74 Å². The second-order valence-electron chi connectivity index (χ2n) is 5.21. The van der Waals surface area contributed by atoms with Crippen molar-refractivity contribution in [3.05, 3.63) is 58.8 Å². The van der Waals surface area contributed by atoms with Crippen LogP contribution in [0.4, 0.5) is 0 Å². The molecule has 8 heteroatoms. The molecule has 0 N–H and O–H groups in total. The van der Waals surface area contributed by atoms with Crippen molar-refractivity contribution in [1.29, 1.82) is 0 Å². The summed E-state index contributed by atoms with van der Waals surface area (Å²) in [5.41, 5.74) is 0.686. The first-order valence-electron chi connectivity index (χ1n) is 7.99. The second-order valence-corrected chi connectivity index (χ2v) is 7.89. The Morgan fingerprint density at radius 3 is 2.42 bits per heavy atom. The number of rotatable bonds is 7. The third-order valence-corrected chi connectivity index (χ3v) is 6.23. The summed E-state index contributed by atoms with van der Waals surface area (Å²) in [4.78, 5) is 16.1. The number of carbonyl (C=O) groups is 1. The number of sulfonamides is 1. The molecule has 0 spiro atoms. The fourth-order valence-corrected chi connectivity index (χ4v) is 4.01. The molecule has 0 bridgehead atoms. The number of nitrogens with zero attached hydrogens (tertiary/aromatic N) is 2. The summed E-state index contributed by atoms with van der Waals surface area (Å²) in [5, 5.41) is 0. The van der Waals surface area contributed by atoms with Crippen LogP contribution < -0.4 is 4.74 Å². The zero-order chi connectivity index (χ0) is 19.2. The smallest absolute Gasteiger partial charge is 0.336 e. The fraction of sp³-hybridized carbons (Fsp3) is 0.222. The summed E-state index contributed by atoms with van der Waals surface area (Å²) < 4.78 is 31.9. The largest absolute Gasteiger partial charge is 0.420 e. The van der Waals surface area contributed by atoms with E-state index in [1.54, 1.807) is 50.4 Å². The molecule has 0 aliphatic heterocycles.